The normalized spacial score (nSPS) is 11.6. The van der Waals surface area contributed by atoms with Gasteiger partial charge in [0.15, 0.2) is 5.03 Å². The molecule has 0 atom stereocenters. The Morgan fingerprint density at radius 2 is 2.05 bits per heavy atom. The van der Waals surface area contributed by atoms with Crippen molar-refractivity contribution < 1.29 is 8.42 Å². The summed E-state index contributed by atoms with van der Waals surface area (Å²) < 4.78 is 29.1. The third kappa shape index (κ3) is 3.36. The number of imidazole rings is 1. The van der Waals surface area contributed by atoms with E-state index in [0.29, 0.717) is 17.2 Å². The number of aryl methyl sites for hydroxylation is 3. The molecule has 7 heteroatoms. The summed E-state index contributed by atoms with van der Waals surface area (Å²) in [5, 5.41) is 0.0305. The van der Waals surface area contributed by atoms with Crippen molar-refractivity contribution in [2.75, 3.05) is 10.5 Å². The number of nitrogen functional groups attached to an aromatic ring is 1. The molecule has 1 heterocycles. The second kappa shape index (κ2) is 5.77. The summed E-state index contributed by atoms with van der Waals surface area (Å²) in [5.41, 5.74) is 7.65. The van der Waals surface area contributed by atoms with Crippen LogP contribution in [0.4, 0.5) is 11.4 Å². The van der Waals surface area contributed by atoms with Gasteiger partial charge >= 0.3 is 0 Å². The van der Waals surface area contributed by atoms with Crippen LogP contribution in [0.15, 0.2) is 29.4 Å². The maximum absolute atomic E-state index is 12.3. The lowest BCUT2D eigenvalue weighted by Gasteiger charge is -2.07. The second-order valence-corrected chi connectivity index (χ2v) is 6.63. The van der Waals surface area contributed by atoms with Crippen LogP contribution >= 0.6 is 0 Å². The molecule has 0 bridgehead atoms. The molecule has 6 nitrogen and oxygen atoms in total. The number of sulfonamides is 1. The fourth-order valence-corrected chi connectivity index (χ4v) is 3.08. The molecule has 1 aromatic heterocycles. The number of hydrogen-bond donors (Lipinski definition) is 2. The Bertz CT molecular complexity index is 750. The van der Waals surface area contributed by atoms with Crippen molar-refractivity contribution >= 4 is 21.4 Å². The molecule has 3 N–H and O–H groups in total. The Balaban J connectivity index is 2.29. The van der Waals surface area contributed by atoms with Crippen LogP contribution in [-0.2, 0) is 16.6 Å². The van der Waals surface area contributed by atoms with E-state index >= 15 is 0 Å². The minimum atomic E-state index is -3.69. The van der Waals surface area contributed by atoms with Gasteiger partial charge in [-0.2, -0.15) is 8.42 Å². The predicted octanol–water partition coefficient (Wildman–Crippen LogP) is 2.29. The fourth-order valence-electron chi connectivity index (χ4n) is 2.02. The smallest absolute Gasteiger partial charge is 0.280 e. The first kappa shape index (κ1) is 15.4. The van der Waals surface area contributed by atoms with Gasteiger partial charge < -0.3 is 10.3 Å². The first-order valence-corrected chi connectivity index (χ1v) is 8.24. The molecule has 1 aromatic carbocycles. The fraction of sp³-hybridized carbons (Fsp3) is 0.357. The maximum atomic E-state index is 12.3. The molecule has 0 fully saturated rings. The minimum absolute atomic E-state index is 0.0305. The van der Waals surface area contributed by atoms with Crippen molar-refractivity contribution in [2.45, 2.75) is 38.8 Å². The number of hydrogen-bond acceptors (Lipinski definition) is 4. The van der Waals surface area contributed by atoms with Crippen LogP contribution in [0.5, 0.6) is 0 Å². The van der Waals surface area contributed by atoms with E-state index in [2.05, 4.69) is 9.71 Å². The van der Waals surface area contributed by atoms with Gasteiger partial charge in [-0.3, -0.25) is 4.72 Å². The molecule has 2 rings (SSSR count). The largest absolute Gasteiger partial charge is 0.399 e. The van der Waals surface area contributed by atoms with Gasteiger partial charge in [-0.15, -0.1) is 0 Å². The quantitative estimate of drug-likeness (QED) is 0.829. The van der Waals surface area contributed by atoms with Gasteiger partial charge in [0.1, 0.15) is 5.82 Å². The molecule has 0 amide bonds. The minimum Gasteiger partial charge on any atom is -0.399 e. The molecular formula is C14H20N4O2S. The van der Waals surface area contributed by atoms with Gasteiger partial charge in [0.05, 0.1) is 0 Å². The van der Waals surface area contributed by atoms with Crippen LogP contribution in [0.2, 0.25) is 0 Å². The number of rotatable bonds is 5. The molecule has 0 unspecified atom stereocenters. The van der Waals surface area contributed by atoms with Crippen LogP contribution in [0.3, 0.4) is 0 Å². The molecule has 0 aliphatic heterocycles. The summed E-state index contributed by atoms with van der Waals surface area (Å²) in [7, 11) is -3.69. The number of aromatic nitrogens is 2. The highest BCUT2D eigenvalue weighted by Gasteiger charge is 2.19. The molecule has 21 heavy (non-hydrogen) atoms. The Morgan fingerprint density at radius 1 is 1.33 bits per heavy atom. The van der Waals surface area contributed by atoms with Crippen LogP contribution in [-0.4, -0.2) is 18.0 Å². The summed E-state index contributed by atoms with van der Waals surface area (Å²) >= 11 is 0. The zero-order chi connectivity index (χ0) is 15.6. The zero-order valence-corrected chi connectivity index (χ0v) is 13.2. The van der Waals surface area contributed by atoms with Crippen molar-refractivity contribution in [3.8, 4) is 0 Å². The highest BCUT2D eigenvalue weighted by Crippen LogP contribution is 2.20. The Labute approximate surface area is 125 Å². The molecule has 0 saturated carbocycles. The third-order valence-corrected chi connectivity index (χ3v) is 4.47. The van der Waals surface area contributed by atoms with Gasteiger partial charge in [-0.1, -0.05) is 6.92 Å². The van der Waals surface area contributed by atoms with E-state index in [0.717, 1.165) is 18.5 Å². The van der Waals surface area contributed by atoms with Gasteiger partial charge in [0.2, 0.25) is 0 Å². The number of nitrogens with zero attached hydrogens (tertiary/aromatic N) is 2. The summed E-state index contributed by atoms with van der Waals surface area (Å²) in [6.07, 6.45) is 2.48. The molecule has 0 aliphatic carbocycles. The third-order valence-electron chi connectivity index (χ3n) is 3.22. The molecule has 0 aliphatic rings. The second-order valence-electron chi connectivity index (χ2n) is 5.00. The van der Waals surface area contributed by atoms with E-state index < -0.39 is 10.0 Å². The Morgan fingerprint density at radius 3 is 2.67 bits per heavy atom. The van der Waals surface area contributed by atoms with Gasteiger partial charge in [0.25, 0.3) is 10.0 Å². The molecule has 0 spiro atoms. The van der Waals surface area contributed by atoms with Gasteiger partial charge in [-0.05, 0) is 44.0 Å². The van der Waals surface area contributed by atoms with Gasteiger partial charge in [0, 0.05) is 24.1 Å². The van der Waals surface area contributed by atoms with E-state index in [4.69, 9.17) is 5.73 Å². The lowest BCUT2D eigenvalue weighted by molar-refractivity contribution is 0.597. The van der Waals surface area contributed by atoms with E-state index in [1.807, 2.05) is 18.4 Å². The zero-order valence-electron chi connectivity index (χ0n) is 12.4. The average Bonchev–Trinajstić information content (AvgIpc) is 2.77. The first-order valence-electron chi connectivity index (χ1n) is 6.76. The van der Waals surface area contributed by atoms with Crippen molar-refractivity contribution in [1.82, 2.24) is 9.55 Å². The standard InChI is InChI=1S/C14H20N4O2S/c1-4-7-18-9-14(16-11(18)3)21(19,20)17-12-5-6-13(15)10(2)8-12/h5-6,8-9,17H,4,7,15H2,1-3H3. The van der Waals surface area contributed by atoms with Crippen molar-refractivity contribution in [3.05, 3.63) is 35.8 Å². The highest BCUT2D eigenvalue weighted by molar-refractivity contribution is 7.92. The molecule has 2 aromatic rings. The van der Waals surface area contributed by atoms with Crippen molar-refractivity contribution in [2.24, 2.45) is 0 Å². The van der Waals surface area contributed by atoms with Gasteiger partial charge in [-0.25, -0.2) is 4.98 Å². The molecule has 0 radical (unpaired) electrons. The lowest BCUT2D eigenvalue weighted by atomic mass is 10.2. The van der Waals surface area contributed by atoms with Crippen molar-refractivity contribution in [1.29, 1.82) is 0 Å². The number of benzene rings is 1. The SMILES string of the molecule is CCCn1cc(S(=O)(=O)Nc2ccc(N)c(C)c2)nc1C. The van der Waals surface area contributed by atoms with E-state index in [-0.39, 0.29) is 5.03 Å². The van der Waals surface area contributed by atoms with E-state index in [9.17, 15) is 8.42 Å². The van der Waals surface area contributed by atoms with Crippen LogP contribution in [0, 0.1) is 13.8 Å². The number of anilines is 2. The Hall–Kier alpha value is -2.02. The number of nitrogens with one attached hydrogen (secondary N) is 1. The molecule has 0 saturated heterocycles. The monoisotopic (exact) mass is 308 g/mol. The predicted molar refractivity (Wildman–Crippen MR) is 83.7 cm³/mol. The van der Waals surface area contributed by atoms with Crippen LogP contribution in [0.1, 0.15) is 24.7 Å². The number of nitrogens with two attached hydrogens (primary N) is 1. The summed E-state index contributed by atoms with van der Waals surface area (Å²) in [5.74, 6) is 0.686. The molecule has 114 valence electrons. The highest BCUT2D eigenvalue weighted by atomic mass is 32.2. The lowest BCUT2D eigenvalue weighted by Crippen LogP contribution is -2.13. The summed E-state index contributed by atoms with van der Waals surface area (Å²) in [4.78, 5) is 4.12. The maximum Gasteiger partial charge on any atom is 0.280 e. The van der Waals surface area contributed by atoms with Crippen molar-refractivity contribution in [3.63, 3.8) is 0 Å². The van der Waals surface area contributed by atoms with E-state index in [1.165, 1.54) is 0 Å². The van der Waals surface area contributed by atoms with Crippen LogP contribution in [0.25, 0.3) is 0 Å². The Kier molecular flexibility index (Phi) is 4.22. The van der Waals surface area contributed by atoms with Crippen LogP contribution < -0.4 is 10.5 Å². The first-order chi connectivity index (χ1) is 9.83. The average molecular weight is 308 g/mol. The molecular weight excluding hydrogens is 288 g/mol. The summed E-state index contributed by atoms with van der Waals surface area (Å²) in [6, 6.07) is 5.01. The van der Waals surface area contributed by atoms with E-state index in [1.54, 1.807) is 31.3 Å². The summed E-state index contributed by atoms with van der Waals surface area (Å²) in [6.45, 7) is 6.40. The topological polar surface area (TPSA) is 90.0 Å².